The summed E-state index contributed by atoms with van der Waals surface area (Å²) in [5.41, 5.74) is 1.07. The smallest absolute Gasteiger partial charge is 0.255 e. The monoisotopic (exact) mass is 347 g/mol. The van der Waals surface area contributed by atoms with Gasteiger partial charge in [0.1, 0.15) is 5.75 Å². The van der Waals surface area contributed by atoms with Crippen molar-refractivity contribution >= 4 is 45.6 Å². The van der Waals surface area contributed by atoms with E-state index in [0.717, 1.165) is 0 Å². The highest BCUT2D eigenvalue weighted by atomic mass is 35.5. The van der Waals surface area contributed by atoms with Crippen molar-refractivity contribution in [2.24, 2.45) is 0 Å². The highest BCUT2D eigenvalue weighted by Crippen LogP contribution is 2.27. The molecule has 1 N–H and O–H groups in total. The van der Waals surface area contributed by atoms with Crippen LogP contribution >= 0.6 is 23.2 Å². The largest absolute Gasteiger partial charge is 0.497 e. The topological polar surface area (TPSA) is 64.1 Å². The van der Waals surface area contributed by atoms with Crippen LogP contribution in [0.15, 0.2) is 42.5 Å². The van der Waals surface area contributed by atoms with E-state index in [4.69, 9.17) is 27.9 Å². The number of nitrogens with one attached hydrogen (secondary N) is 1. The average Bonchev–Trinajstić information content (AvgIpc) is 2.58. The molecule has 3 aromatic rings. The first-order valence-electron chi connectivity index (χ1n) is 6.65. The minimum Gasteiger partial charge on any atom is -0.497 e. The van der Waals surface area contributed by atoms with Gasteiger partial charge in [-0.1, -0.05) is 35.3 Å². The normalized spacial score (nSPS) is 10.6. The van der Waals surface area contributed by atoms with E-state index in [9.17, 15) is 4.79 Å². The minimum atomic E-state index is -0.274. The molecule has 5 nitrogen and oxygen atoms in total. The molecule has 0 aliphatic carbocycles. The summed E-state index contributed by atoms with van der Waals surface area (Å²) >= 11 is 12.0. The molecule has 0 saturated heterocycles. The molecule has 1 heterocycles. The van der Waals surface area contributed by atoms with Crippen molar-refractivity contribution in [2.45, 2.75) is 0 Å². The van der Waals surface area contributed by atoms with Gasteiger partial charge >= 0.3 is 0 Å². The van der Waals surface area contributed by atoms with E-state index >= 15 is 0 Å². The van der Waals surface area contributed by atoms with Crippen LogP contribution in [-0.2, 0) is 0 Å². The number of anilines is 1. The lowest BCUT2D eigenvalue weighted by molar-refractivity contribution is 0.102. The van der Waals surface area contributed by atoms with Gasteiger partial charge in [-0.05, 0) is 24.3 Å². The second kappa shape index (κ2) is 6.40. The number of nitrogens with zero attached hydrogens (tertiary/aromatic N) is 2. The summed E-state index contributed by atoms with van der Waals surface area (Å²) < 4.78 is 5.13. The second-order valence-corrected chi connectivity index (χ2v) is 5.44. The molecule has 3 rings (SSSR count). The molecule has 1 aromatic heterocycles. The number of amides is 1. The van der Waals surface area contributed by atoms with Gasteiger partial charge in [0.25, 0.3) is 5.91 Å². The maximum atomic E-state index is 12.4. The number of hydrogen-bond acceptors (Lipinski definition) is 4. The van der Waals surface area contributed by atoms with Crippen LogP contribution in [0.25, 0.3) is 10.8 Å². The van der Waals surface area contributed by atoms with E-state index in [0.29, 0.717) is 27.8 Å². The van der Waals surface area contributed by atoms with Crippen LogP contribution in [0, 0.1) is 0 Å². The van der Waals surface area contributed by atoms with Crippen LogP contribution in [0.1, 0.15) is 10.4 Å². The zero-order chi connectivity index (χ0) is 16.4. The summed E-state index contributed by atoms with van der Waals surface area (Å²) in [7, 11) is 1.57. The standard InChI is InChI=1S/C16H11Cl2N3O2/c1-23-11-4-2-3-10(8-11)19-16(22)9-5-6-12-13(7-9)15(18)21-20-14(12)17/h2-8H,1H3,(H,19,22). The van der Waals surface area contributed by atoms with Gasteiger partial charge < -0.3 is 10.1 Å². The third kappa shape index (κ3) is 3.21. The van der Waals surface area contributed by atoms with Gasteiger partial charge in [0.05, 0.1) is 7.11 Å². The van der Waals surface area contributed by atoms with Crippen LogP contribution in [0.2, 0.25) is 10.3 Å². The first-order valence-corrected chi connectivity index (χ1v) is 7.41. The van der Waals surface area contributed by atoms with Gasteiger partial charge in [-0.2, -0.15) is 0 Å². The SMILES string of the molecule is COc1cccc(NC(=O)c2ccc3c(Cl)nnc(Cl)c3c2)c1. The Bertz CT molecular complexity index is 900. The van der Waals surface area contributed by atoms with Crippen LogP contribution in [-0.4, -0.2) is 23.2 Å². The summed E-state index contributed by atoms with van der Waals surface area (Å²) in [5.74, 6) is 0.385. The van der Waals surface area contributed by atoms with E-state index < -0.39 is 0 Å². The number of hydrogen-bond donors (Lipinski definition) is 1. The Morgan fingerprint density at radius 3 is 2.52 bits per heavy atom. The summed E-state index contributed by atoms with van der Waals surface area (Å²) in [4.78, 5) is 12.4. The predicted molar refractivity (Wildman–Crippen MR) is 90.5 cm³/mol. The van der Waals surface area contributed by atoms with Crippen LogP contribution in [0.3, 0.4) is 0 Å². The molecule has 116 valence electrons. The first-order chi connectivity index (χ1) is 11.1. The Kier molecular flexibility index (Phi) is 4.32. The van der Waals surface area contributed by atoms with E-state index in [1.165, 1.54) is 0 Å². The Hall–Kier alpha value is -2.37. The number of ether oxygens (including phenoxy) is 1. The van der Waals surface area contributed by atoms with Gasteiger partial charge in [0, 0.05) is 28.1 Å². The molecule has 0 radical (unpaired) electrons. The summed E-state index contributed by atoms with van der Waals surface area (Å²) in [6, 6.07) is 12.1. The van der Waals surface area contributed by atoms with Crippen LogP contribution in [0.4, 0.5) is 5.69 Å². The van der Waals surface area contributed by atoms with Crippen molar-refractivity contribution in [1.29, 1.82) is 0 Å². The molecule has 23 heavy (non-hydrogen) atoms. The van der Waals surface area contributed by atoms with Gasteiger partial charge in [0.15, 0.2) is 10.3 Å². The third-order valence-corrected chi connectivity index (χ3v) is 3.84. The molecule has 0 fully saturated rings. The summed E-state index contributed by atoms with van der Waals surface area (Å²) in [6.07, 6.45) is 0. The second-order valence-electron chi connectivity index (χ2n) is 4.73. The molecule has 2 aromatic carbocycles. The number of benzene rings is 2. The molecule has 0 aliphatic rings. The van der Waals surface area contributed by atoms with Gasteiger partial charge in [-0.25, -0.2) is 0 Å². The molecule has 0 aliphatic heterocycles. The number of halogens is 2. The maximum absolute atomic E-state index is 12.4. The number of methoxy groups -OCH3 is 1. The fourth-order valence-corrected chi connectivity index (χ4v) is 2.53. The first kappa shape index (κ1) is 15.5. The quantitative estimate of drug-likeness (QED) is 0.771. The average molecular weight is 348 g/mol. The fraction of sp³-hybridized carbons (Fsp3) is 0.0625. The Balaban J connectivity index is 1.93. The lowest BCUT2D eigenvalue weighted by atomic mass is 10.1. The zero-order valence-electron chi connectivity index (χ0n) is 12.0. The van der Waals surface area contributed by atoms with Crippen molar-refractivity contribution in [3.05, 3.63) is 58.3 Å². The maximum Gasteiger partial charge on any atom is 0.255 e. The van der Waals surface area contributed by atoms with E-state index in [2.05, 4.69) is 15.5 Å². The molecule has 0 spiro atoms. The van der Waals surface area contributed by atoms with Crippen LogP contribution < -0.4 is 10.1 Å². The lowest BCUT2D eigenvalue weighted by Crippen LogP contribution is -2.11. The highest BCUT2D eigenvalue weighted by Gasteiger charge is 2.12. The number of rotatable bonds is 3. The Morgan fingerprint density at radius 1 is 1.04 bits per heavy atom. The van der Waals surface area contributed by atoms with Crippen molar-refractivity contribution in [3.63, 3.8) is 0 Å². The number of aromatic nitrogens is 2. The van der Waals surface area contributed by atoms with E-state index in [1.807, 2.05) is 0 Å². The molecule has 0 bridgehead atoms. The molecule has 1 amide bonds. The third-order valence-electron chi connectivity index (χ3n) is 3.28. The van der Waals surface area contributed by atoms with E-state index in [-0.39, 0.29) is 16.2 Å². The van der Waals surface area contributed by atoms with Gasteiger partial charge in [0.2, 0.25) is 0 Å². The lowest BCUT2D eigenvalue weighted by Gasteiger charge is -2.08. The molecular formula is C16H11Cl2N3O2. The van der Waals surface area contributed by atoms with Gasteiger partial charge in [-0.15, -0.1) is 10.2 Å². The van der Waals surface area contributed by atoms with Crippen molar-refractivity contribution in [2.75, 3.05) is 12.4 Å². The molecular weight excluding hydrogens is 337 g/mol. The summed E-state index contributed by atoms with van der Waals surface area (Å²) in [5, 5.41) is 11.9. The van der Waals surface area contributed by atoms with Crippen molar-refractivity contribution < 1.29 is 9.53 Å². The summed E-state index contributed by atoms with van der Waals surface area (Å²) in [6.45, 7) is 0. The number of carbonyl (C=O) groups is 1. The van der Waals surface area contributed by atoms with Crippen molar-refractivity contribution in [1.82, 2.24) is 10.2 Å². The predicted octanol–water partition coefficient (Wildman–Crippen LogP) is 4.20. The molecule has 0 saturated carbocycles. The number of carbonyl (C=O) groups excluding carboxylic acids is 1. The minimum absolute atomic E-state index is 0.195. The Morgan fingerprint density at radius 2 is 1.78 bits per heavy atom. The molecule has 0 atom stereocenters. The Labute approximate surface area is 142 Å². The number of fused-ring (bicyclic) bond motifs is 1. The molecule has 0 unspecified atom stereocenters. The highest BCUT2D eigenvalue weighted by molar-refractivity contribution is 6.38. The van der Waals surface area contributed by atoms with Crippen LogP contribution in [0.5, 0.6) is 5.75 Å². The molecule has 7 heteroatoms. The fourth-order valence-electron chi connectivity index (χ4n) is 2.14. The van der Waals surface area contributed by atoms with Crippen molar-refractivity contribution in [3.8, 4) is 5.75 Å². The van der Waals surface area contributed by atoms with Gasteiger partial charge in [-0.3, -0.25) is 4.79 Å². The zero-order valence-corrected chi connectivity index (χ0v) is 13.5. The van der Waals surface area contributed by atoms with E-state index in [1.54, 1.807) is 49.6 Å².